The van der Waals surface area contributed by atoms with Crippen LogP contribution in [0.4, 0.5) is 0 Å². The van der Waals surface area contributed by atoms with Crippen LogP contribution < -0.4 is 19.7 Å². The SMILES string of the molecule is COc1cc(/C=C/c2ccc(OCc3ccc(C(=O)NO)cc3)cc2)cc(OC)c1. The number of amides is 1. The number of hydrogen-bond acceptors (Lipinski definition) is 5. The topological polar surface area (TPSA) is 77.0 Å². The van der Waals surface area contributed by atoms with Gasteiger partial charge in [0.1, 0.15) is 23.9 Å². The van der Waals surface area contributed by atoms with Gasteiger partial charge >= 0.3 is 0 Å². The zero-order valence-electron chi connectivity index (χ0n) is 16.8. The number of rotatable bonds is 8. The highest BCUT2D eigenvalue weighted by Crippen LogP contribution is 2.24. The molecule has 0 unspecified atom stereocenters. The summed E-state index contributed by atoms with van der Waals surface area (Å²) in [5, 5.41) is 8.64. The summed E-state index contributed by atoms with van der Waals surface area (Å²) in [5.74, 6) is 1.68. The molecule has 0 heterocycles. The van der Waals surface area contributed by atoms with E-state index in [1.807, 2.05) is 54.6 Å². The van der Waals surface area contributed by atoms with Crippen LogP contribution in [-0.4, -0.2) is 25.3 Å². The fourth-order valence-electron chi connectivity index (χ4n) is 2.78. The van der Waals surface area contributed by atoms with Crippen molar-refractivity contribution in [2.75, 3.05) is 14.2 Å². The predicted octanol–water partition coefficient (Wildman–Crippen LogP) is 4.57. The number of hydrogen-bond donors (Lipinski definition) is 2. The first-order chi connectivity index (χ1) is 14.6. The Bertz CT molecular complexity index is 989. The van der Waals surface area contributed by atoms with Gasteiger partial charge < -0.3 is 14.2 Å². The Balaban J connectivity index is 1.60. The van der Waals surface area contributed by atoms with Crippen molar-refractivity contribution in [1.82, 2.24) is 5.48 Å². The van der Waals surface area contributed by atoms with E-state index in [0.717, 1.165) is 33.9 Å². The second-order valence-electron chi connectivity index (χ2n) is 6.47. The molecule has 3 rings (SSSR count). The van der Waals surface area contributed by atoms with E-state index in [1.165, 1.54) is 0 Å². The van der Waals surface area contributed by atoms with Gasteiger partial charge in [-0.05, 0) is 53.1 Å². The summed E-state index contributed by atoms with van der Waals surface area (Å²) in [5.41, 5.74) is 4.91. The lowest BCUT2D eigenvalue weighted by Gasteiger charge is -2.07. The fraction of sp³-hybridized carbons (Fsp3) is 0.125. The quantitative estimate of drug-likeness (QED) is 0.326. The largest absolute Gasteiger partial charge is 0.497 e. The lowest BCUT2D eigenvalue weighted by atomic mass is 10.1. The van der Waals surface area contributed by atoms with Crippen LogP contribution >= 0.6 is 0 Å². The Morgan fingerprint density at radius 1 is 0.833 bits per heavy atom. The van der Waals surface area contributed by atoms with Gasteiger partial charge in [-0.1, -0.05) is 36.4 Å². The molecule has 0 atom stereocenters. The minimum absolute atomic E-state index is 0.375. The highest BCUT2D eigenvalue weighted by Gasteiger charge is 2.04. The van der Waals surface area contributed by atoms with Crippen LogP contribution in [0.15, 0.2) is 66.7 Å². The third kappa shape index (κ3) is 5.62. The van der Waals surface area contributed by atoms with Gasteiger partial charge in [0, 0.05) is 11.6 Å². The monoisotopic (exact) mass is 405 g/mol. The second-order valence-corrected chi connectivity index (χ2v) is 6.47. The van der Waals surface area contributed by atoms with E-state index in [-0.39, 0.29) is 0 Å². The van der Waals surface area contributed by atoms with Crippen molar-refractivity contribution in [2.45, 2.75) is 6.61 Å². The van der Waals surface area contributed by atoms with E-state index < -0.39 is 5.91 Å². The molecule has 6 nitrogen and oxygen atoms in total. The molecule has 30 heavy (non-hydrogen) atoms. The molecule has 0 aliphatic carbocycles. The minimum Gasteiger partial charge on any atom is -0.497 e. The first-order valence-electron chi connectivity index (χ1n) is 9.28. The summed E-state index contributed by atoms with van der Waals surface area (Å²) in [4.78, 5) is 11.3. The summed E-state index contributed by atoms with van der Waals surface area (Å²) in [7, 11) is 3.25. The average Bonchev–Trinajstić information content (AvgIpc) is 2.81. The molecular weight excluding hydrogens is 382 g/mol. The maximum Gasteiger partial charge on any atom is 0.274 e. The maximum atomic E-state index is 11.3. The molecular formula is C24H23NO5. The first kappa shape index (κ1) is 21.0. The van der Waals surface area contributed by atoms with Gasteiger partial charge in [-0.3, -0.25) is 10.0 Å². The van der Waals surface area contributed by atoms with Crippen molar-refractivity contribution in [1.29, 1.82) is 0 Å². The lowest BCUT2D eigenvalue weighted by molar-refractivity contribution is 0.0706. The number of benzene rings is 3. The van der Waals surface area contributed by atoms with E-state index in [9.17, 15) is 4.79 Å². The lowest BCUT2D eigenvalue weighted by Crippen LogP contribution is -2.18. The molecule has 3 aromatic rings. The molecule has 1 amide bonds. The van der Waals surface area contributed by atoms with E-state index in [2.05, 4.69) is 0 Å². The summed E-state index contributed by atoms with van der Waals surface area (Å²) in [6.07, 6.45) is 3.99. The Hall–Kier alpha value is -3.77. The number of carbonyl (C=O) groups is 1. The third-order valence-corrected chi connectivity index (χ3v) is 4.45. The van der Waals surface area contributed by atoms with Crippen molar-refractivity contribution < 1.29 is 24.2 Å². The van der Waals surface area contributed by atoms with Gasteiger partial charge in [0.05, 0.1) is 14.2 Å². The zero-order valence-corrected chi connectivity index (χ0v) is 16.8. The minimum atomic E-state index is -0.543. The molecule has 0 saturated heterocycles. The van der Waals surface area contributed by atoms with Gasteiger partial charge in [-0.2, -0.15) is 0 Å². The molecule has 0 aromatic heterocycles. The van der Waals surface area contributed by atoms with Crippen LogP contribution in [-0.2, 0) is 6.61 Å². The van der Waals surface area contributed by atoms with Gasteiger partial charge in [0.25, 0.3) is 5.91 Å². The molecule has 0 fully saturated rings. The summed E-state index contributed by atoms with van der Waals surface area (Å²) >= 11 is 0. The molecule has 6 heteroatoms. The van der Waals surface area contributed by atoms with Gasteiger partial charge in [0.2, 0.25) is 0 Å². The summed E-state index contributed by atoms with van der Waals surface area (Å²) < 4.78 is 16.4. The van der Waals surface area contributed by atoms with Crippen LogP contribution in [0, 0.1) is 0 Å². The van der Waals surface area contributed by atoms with Crippen LogP contribution in [0.1, 0.15) is 27.0 Å². The number of carbonyl (C=O) groups excluding carboxylic acids is 1. The highest BCUT2D eigenvalue weighted by molar-refractivity contribution is 5.93. The zero-order chi connectivity index (χ0) is 21.3. The smallest absolute Gasteiger partial charge is 0.274 e. The Morgan fingerprint density at radius 2 is 1.43 bits per heavy atom. The molecule has 0 aliphatic heterocycles. The molecule has 2 N–H and O–H groups in total. The fourth-order valence-corrected chi connectivity index (χ4v) is 2.78. The van der Waals surface area contributed by atoms with Crippen molar-refractivity contribution >= 4 is 18.1 Å². The molecule has 0 aliphatic rings. The van der Waals surface area contributed by atoms with Crippen LogP contribution in [0.25, 0.3) is 12.2 Å². The molecule has 0 radical (unpaired) electrons. The summed E-state index contributed by atoms with van der Waals surface area (Å²) in [6.45, 7) is 0.375. The molecule has 0 spiro atoms. The number of methoxy groups -OCH3 is 2. The standard InChI is InChI=1S/C24H23NO5/c1-28-22-13-19(14-23(15-22)29-2)4-3-17-7-11-21(12-8-17)30-16-18-5-9-20(10-6-18)24(26)25-27/h3-15,27H,16H2,1-2H3,(H,25,26)/b4-3+. The molecule has 0 saturated carbocycles. The Morgan fingerprint density at radius 3 is 2.00 bits per heavy atom. The number of ether oxygens (including phenoxy) is 3. The van der Waals surface area contributed by atoms with Crippen molar-refractivity contribution in [2.24, 2.45) is 0 Å². The van der Waals surface area contributed by atoms with E-state index in [0.29, 0.717) is 12.2 Å². The highest BCUT2D eigenvalue weighted by atomic mass is 16.5. The average molecular weight is 405 g/mol. The normalized spacial score (nSPS) is 10.6. The number of nitrogens with one attached hydrogen (secondary N) is 1. The summed E-state index contributed by atoms with van der Waals surface area (Å²) in [6, 6.07) is 20.3. The van der Waals surface area contributed by atoms with Crippen molar-refractivity contribution in [3.8, 4) is 17.2 Å². The maximum absolute atomic E-state index is 11.3. The van der Waals surface area contributed by atoms with Gasteiger partial charge in [-0.25, -0.2) is 5.48 Å². The molecule has 154 valence electrons. The van der Waals surface area contributed by atoms with Gasteiger partial charge in [-0.15, -0.1) is 0 Å². The van der Waals surface area contributed by atoms with Crippen molar-refractivity contribution in [3.63, 3.8) is 0 Å². The first-order valence-corrected chi connectivity index (χ1v) is 9.28. The Labute approximate surface area is 175 Å². The second kappa shape index (κ2) is 10.1. The van der Waals surface area contributed by atoms with Crippen LogP contribution in [0.2, 0.25) is 0 Å². The van der Waals surface area contributed by atoms with E-state index in [1.54, 1.807) is 44.0 Å². The van der Waals surface area contributed by atoms with E-state index in [4.69, 9.17) is 19.4 Å². The van der Waals surface area contributed by atoms with E-state index >= 15 is 0 Å². The molecule has 3 aromatic carbocycles. The number of hydroxylamine groups is 1. The van der Waals surface area contributed by atoms with Crippen LogP contribution in [0.5, 0.6) is 17.2 Å². The van der Waals surface area contributed by atoms with Crippen molar-refractivity contribution in [3.05, 3.63) is 89.0 Å². The van der Waals surface area contributed by atoms with Gasteiger partial charge in [0.15, 0.2) is 0 Å². The molecule has 0 bridgehead atoms. The third-order valence-electron chi connectivity index (χ3n) is 4.45. The van der Waals surface area contributed by atoms with Crippen LogP contribution in [0.3, 0.4) is 0 Å². The Kier molecular flexibility index (Phi) is 7.08. The predicted molar refractivity (Wildman–Crippen MR) is 115 cm³/mol.